The van der Waals surface area contributed by atoms with E-state index in [1.165, 1.54) is 7.05 Å². The molecule has 0 saturated carbocycles. The van der Waals surface area contributed by atoms with E-state index in [2.05, 4.69) is 5.32 Å². The molecule has 2 rings (SSSR count). The molecular formula is C17H19ClN2O3S. The van der Waals surface area contributed by atoms with Crippen molar-refractivity contribution in [1.82, 2.24) is 0 Å². The first-order valence-electron chi connectivity index (χ1n) is 7.34. The van der Waals surface area contributed by atoms with Gasteiger partial charge < -0.3 is 5.32 Å². The van der Waals surface area contributed by atoms with Crippen LogP contribution in [0.25, 0.3) is 0 Å². The summed E-state index contributed by atoms with van der Waals surface area (Å²) in [6, 6.07) is 14.1. The van der Waals surface area contributed by atoms with Gasteiger partial charge in [0, 0.05) is 24.2 Å². The van der Waals surface area contributed by atoms with Crippen molar-refractivity contribution in [3.8, 4) is 0 Å². The van der Waals surface area contributed by atoms with Gasteiger partial charge in [0.2, 0.25) is 15.9 Å². The number of anilines is 2. The van der Waals surface area contributed by atoms with Gasteiger partial charge >= 0.3 is 0 Å². The molecule has 0 bridgehead atoms. The van der Waals surface area contributed by atoms with Crippen LogP contribution in [0.1, 0.15) is 12.0 Å². The third-order valence-corrected chi connectivity index (χ3v) is 5.14. The number of benzene rings is 2. The molecule has 1 N–H and O–H groups in total. The highest BCUT2D eigenvalue weighted by Gasteiger charge is 2.12. The molecule has 0 fully saturated rings. The lowest BCUT2D eigenvalue weighted by Crippen LogP contribution is -2.24. The number of aryl methyl sites for hydroxylation is 1. The van der Waals surface area contributed by atoms with Crippen molar-refractivity contribution in [2.75, 3.05) is 22.9 Å². The fourth-order valence-corrected chi connectivity index (χ4v) is 2.87. The highest BCUT2D eigenvalue weighted by Crippen LogP contribution is 2.21. The quantitative estimate of drug-likeness (QED) is 0.852. The number of nitrogens with one attached hydrogen (secondary N) is 1. The molecule has 7 heteroatoms. The lowest BCUT2D eigenvalue weighted by molar-refractivity contribution is -0.116. The maximum atomic E-state index is 12.1. The van der Waals surface area contributed by atoms with Crippen LogP contribution in [0.2, 0.25) is 5.02 Å². The maximum absolute atomic E-state index is 12.1. The number of halogens is 1. The predicted molar refractivity (Wildman–Crippen MR) is 98.1 cm³/mol. The Morgan fingerprint density at radius 2 is 1.88 bits per heavy atom. The van der Waals surface area contributed by atoms with Crippen molar-refractivity contribution < 1.29 is 13.2 Å². The van der Waals surface area contributed by atoms with E-state index in [9.17, 15) is 13.2 Å². The molecule has 2 aromatic carbocycles. The van der Waals surface area contributed by atoms with E-state index in [1.807, 2.05) is 18.2 Å². The Kier molecular flexibility index (Phi) is 5.85. The summed E-state index contributed by atoms with van der Waals surface area (Å²) in [5.74, 6) is -0.158. The SMILES string of the molecule is CN(c1cccc(NC(=O)CCc2ccccc2Cl)c1)S(C)(=O)=O. The van der Waals surface area contributed by atoms with Gasteiger partial charge in [0.15, 0.2) is 0 Å². The summed E-state index contributed by atoms with van der Waals surface area (Å²) < 4.78 is 24.3. The molecular weight excluding hydrogens is 348 g/mol. The van der Waals surface area contributed by atoms with Gasteiger partial charge in [-0.2, -0.15) is 0 Å². The van der Waals surface area contributed by atoms with Crippen molar-refractivity contribution in [3.05, 3.63) is 59.1 Å². The minimum absolute atomic E-state index is 0.158. The number of hydrogen-bond acceptors (Lipinski definition) is 3. The zero-order chi connectivity index (χ0) is 17.7. The molecule has 0 saturated heterocycles. The van der Waals surface area contributed by atoms with E-state index in [4.69, 9.17) is 11.6 Å². The van der Waals surface area contributed by atoms with Gasteiger partial charge in [-0.15, -0.1) is 0 Å². The highest BCUT2D eigenvalue weighted by atomic mass is 35.5. The molecule has 0 radical (unpaired) electrons. The average molecular weight is 367 g/mol. The number of carbonyl (C=O) groups is 1. The van der Waals surface area contributed by atoms with Crippen LogP contribution < -0.4 is 9.62 Å². The largest absolute Gasteiger partial charge is 0.326 e. The van der Waals surface area contributed by atoms with E-state index in [-0.39, 0.29) is 12.3 Å². The van der Waals surface area contributed by atoms with Crippen LogP contribution in [0.5, 0.6) is 0 Å². The first kappa shape index (κ1) is 18.3. The van der Waals surface area contributed by atoms with Crippen LogP contribution >= 0.6 is 11.6 Å². The second-order valence-electron chi connectivity index (χ2n) is 5.42. The van der Waals surface area contributed by atoms with Gasteiger partial charge in [0.25, 0.3) is 0 Å². The van der Waals surface area contributed by atoms with Crippen molar-refractivity contribution in [1.29, 1.82) is 0 Å². The molecule has 1 amide bonds. The fraction of sp³-hybridized carbons (Fsp3) is 0.235. The molecule has 5 nitrogen and oxygen atoms in total. The second kappa shape index (κ2) is 7.68. The molecule has 0 spiro atoms. The topological polar surface area (TPSA) is 66.5 Å². The summed E-state index contributed by atoms with van der Waals surface area (Å²) in [7, 11) is -1.88. The van der Waals surface area contributed by atoms with Gasteiger partial charge in [0.1, 0.15) is 0 Å². The third-order valence-electron chi connectivity index (χ3n) is 3.57. The van der Waals surface area contributed by atoms with Crippen LogP contribution in [0, 0.1) is 0 Å². The Morgan fingerprint density at radius 1 is 1.17 bits per heavy atom. The van der Waals surface area contributed by atoms with Gasteiger partial charge in [-0.1, -0.05) is 35.9 Å². The summed E-state index contributed by atoms with van der Waals surface area (Å²) in [6.45, 7) is 0. The number of hydrogen-bond donors (Lipinski definition) is 1. The lowest BCUT2D eigenvalue weighted by Gasteiger charge is -2.17. The predicted octanol–water partition coefficient (Wildman–Crippen LogP) is 3.31. The molecule has 0 aromatic heterocycles. The van der Waals surface area contributed by atoms with Crippen molar-refractivity contribution in [3.63, 3.8) is 0 Å². The molecule has 0 aliphatic rings. The Hall–Kier alpha value is -2.05. The van der Waals surface area contributed by atoms with E-state index in [0.29, 0.717) is 22.8 Å². The molecule has 128 valence electrons. The summed E-state index contributed by atoms with van der Waals surface area (Å²) in [6.07, 6.45) is 1.95. The lowest BCUT2D eigenvalue weighted by atomic mass is 10.1. The molecule has 0 unspecified atom stereocenters. The third kappa shape index (κ3) is 4.97. The Bertz CT molecular complexity index is 837. The minimum atomic E-state index is -3.35. The van der Waals surface area contributed by atoms with Gasteiger partial charge in [-0.05, 0) is 36.2 Å². The monoisotopic (exact) mass is 366 g/mol. The van der Waals surface area contributed by atoms with Gasteiger partial charge in [0.05, 0.1) is 11.9 Å². The summed E-state index contributed by atoms with van der Waals surface area (Å²) in [4.78, 5) is 12.1. The molecule has 0 aliphatic heterocycles. The van der Waals surface area contributed by atoms with Gasteiger partial charge in [-0.25, -0.2) is 8.42 Å². The Labute approximate surface area is 147 Å². The molecule has 0 atom stereocenters. The van der Waals surface area contributed by atoms with Crippen LogP contribution in [0.4, 0.5) is 11.4 Å². The zero-order valence-corrected chi connectivity index (χ0v) is 15.1. The Morgan fingerprint density at radius 3 is 2.54 bits per heavy atom. The number of rotatable bonds is 6. The average Bonchev–Trinajstić information content (AvgIpc) is 2.53. The number of amides is 1. The highest BCUT2D eigenvalue weighted by molar-refractivity contribution is 7.92. The molecule has 0 heterocycles. The maximum Gasteiger partial charge on any atom is 0.231 e. The zero-order valence-electron chi connectivity index (χ0n) is 13.5. The standard InChI is InChI=1S/C17H19ClN2O3S/c1-20(24(2,22)23)15-8-5-7-14(12-15)19-17(21)11-10-13-6-3-4-9-16(13)18/h3-9,12H,10-11H2,1-2H3,(H,19,21). The summed E-state index contributed by atoms with van der Waals surface area (Å²) >= 11 is 6.07. The molecule has 24 heavy (non-hydrogen) atoms. The first-order chi connectivity index (χ1) is 11.3. The van der Waals surface area contributed by atoms with Crippen molar-refractivity contribution >= 4 is 38.9 Å². The van der Waals surface area contributed by atoms with Crippen molar-refractivity contribution in [2.24, 2.45) is 0 Å². The van der Waals surface area contributed by atoms with E-state index in [1.54, 1.807) is 30.3 Å². The normalized spacial score (nSPS) is 11.1. The van der Waals surface area contributed by atoms with E-state index >= 15 is 0 Å². The van der Waals surface area contributed by atoms with Crippen LogP contribution in [-0.4, -0.2) is 27.6 Å². The van der Waals surface area contributed by atoms with Crippen LogP contribution in [0.15, 0.2) is 48.5 Å². The van der Waals surface area contributed by atoms with E-state index in [0.717, 1.165) is 16.1 Å². The number of carbonyl (C=O) groups excluding carboxylic acids is 1. The van der Waals surface area contributed by atoms with E-state index < -0.39 is 10.0 Å². The number of nitrogens with zero attached hydrogens (tertiary/aromatic N) is 1. The fourth-order valence-electron chi connectivity index (χ4n) is 2.14. The summed E-state index contributed by atoms with van der Waals surface area (Å²) in [5, 5.41) is 3.42. The first-order valence-corrected chi connectivity index (χ1v) is 9.57. The minimum Gasteiger partial charge on any atom is -0.326 e. The number of sulfonamides is 1. The second-order valence-corrected chi connectivity index (χ2v) is 7.84. The summed E-state index contributed by atoms with van der Waals surface area (Å²) in [5.41, 5.74) is 1.95. The Balaban J connectivity index is 2.01. The van der Waals surface area contributed by atoms with Crippen LogP contribution in [-0.2, 0) is 21.2 Å². The van der Waals surface area contributed by atoms with Crippen LogP contribution in [0.3, 0.4) is 0 Å². The van der Waals surface area contributed by atoms with Crippen molar-refractivity contribution in [2.45, 2.75) is 12.8 Å². The van der Waals surface area contributed by atoms with Gasteiger partial charge in [-0.3, -0.25) is 9.10 Å². The molecule has 0 aliphatic carbocycles. The smallest absolute Gasteiger partial charge is 0.231 e. The molecule has 2 aromatic rings.